The fraction of sp³-hybridized carbons (Fsp3) is 0.375. The number of hydrazine groups is 1. The number of nitrogens with one attached hydrogen (secondary N) is 2. The van der Waals surface area contributed by atoms with Crippen molar-refractivity contribution in [2.24, 2.45) is 11.3 Å². The number of aromatic nitrogens is 1. The number of carbonyl (C=O) groups excluding carboxylic acids is 1. The van der Waals surface area contributed by atoms with Gasteiger partial charge < -0.3 is 10.7 Å². The molecule has 1 aromatic carbocycles. The van der Waals surface area contributed by atoms with Crippen LogP contribution in [-0.2, 0) is 0 Å². The van der Waals surface area contributed by atoms with Crippen LogP contribution in [0.5, 0.6) is 0 Å². The first-order valence-corrected chi connectivity index (χ1v) is 7.32. The number of benzene rings is 1. The molecule has 1 fully saturated rings. The molecule has 0 radical (unpaired) electrons. The molecule has 0 unspecified atom stereocenters. The third kappa shape index (κ3) is 2.69. The second-order valence-corrected chi connectivity index (χ2v) is 5.76. The van der Waals surface area contributed by atoms with Crippen molar-refractivity contribution in [2.75, 3.05) is 12.0 Å². The van der Waals surface area contributed by atoms with Crippen LogP contribution in [0.1, 0.15) is 36.7 Å². The van der Waals surface area contributed by atoms with Gasteiger partial charge in [-0.2, -0.15) is 0 Å². The highest BCUT2D eigenvalue weighted by Gasteiger charge is 2.40. The first-order chi connectivity index (χ1) is 10.2. The average Bonchev–Trinajstić information content (AvgIpc) is 3.32. The molecule has 5 heteroatoms. The maximum Gasteiger partial charge on any atom is 0.270 e. The van der Waals surface area contributed by atoms with Gasteiger partial charge in [-0.05, 0) is 36.1 Å². The molecule has 3 rings (SSSR count). The molecule has 1 heterocycles. The van der Waals surface area contributed by atoms with Crippen molar-refractivity contribution >= 4 is 22.5 Å². The summed E-state index contributed by atoms with van der Waals surface area (Å²) in [5.74, 6) is 5.90. The number of rotatable bonds is 5. The van der Waals surface area contributed by atoms with E-state index in [-0.39, 0.29) is 5.91 Å². The van der Waals surface area contributed by atoms with Crippen molar-refractivity contribution in [3.63, 3.8) is 0 Å². The number of fused-ring (bicyclic) bond motifs is 1. The van der Waals surface area contributed by atoms with Crippen molar-refractivity contribution in [1.82, 2.24) is 10.3 Å². The van der Waals surface area contributed by atoms with Crippen LogP contribution in [0.15, 0.2) is 30.3 Å². The van der Waals surface area contributed by atoms with E-state index in [1.54, 1.807) is 6.07 Å². The second-order valence-electron chi connectivity index (χ2n) is 5.76. The van der Waals surface area contributed by atoms with Crippen LogP contribution in [-0.4, -0.2) is 17.4 Å². The summed E-state index contributed by atoms with van der Waals surface area (Å²) < 4.78 is 0. The lowest BCUT2D eigenvalue weighted by molar-refractivity contribution is 0.0939. The van der Waals surface area contributed by atoms with Crippen molar-refractivity contribution in [2.45, 2.75) is 26.2 Å². The zero-order valence-electron chi connectivity index (χ0n) is 12.1. The van der Waals surface area contributed by atoms with Gasteiger partial charge in [0.05, 0.1) is 0 Å². The summed E-state index contributed by atoms with van der Waals surface area (Å²) in [6.07, 6.45) is 3.50. The molecule has 1 aliphatic rings. The minimum atomic E-state index is -0.142. The molecule has 21 heavy (non-hydrogen) atoms. The van der Waals surface area contributed by atoms with Crippen molar-refractivity contribution in [3.8, 4) is 0 Å². The number of pyridine rings is 1. The number of hydrogen-bond donors (Lipinski definition) is 3. The lowest BCUT2D eigenvalue weighted by Crippen LogP contribution is -2.30. The van der Waals surface area contributed by atoms with E-state index in [0.717, 1.165) is 23.7 Å². The van der Waals surface area contributed by atoms with Gasteiger partial charge in [0.25, 0.3) is 5.91 Å². The number of amides is 1. The van der Waals surface area contributed by atoms with Gasteiger partial charge in [-0.15, -0.1) is 0 Å². The fourth-order valence-corrected chi connectivity index (χ4v) is 2.62. The van der Waals surface area contributed by atoms with Crippen LogP contribution in [0.2, 0.25) is 0 Å². The highest BCUT2D eigenvalue weighted by atomic mass is 16.1. The summed E-state index contributed by atoms with van der Waals surface area (Å²) in [6.45, 7) is 2.89. The third-order valence-corrected chi connectivity index (χ3v) is 4.44. The second kappa shape index (κ2) is 5.33. The Morgan fingerprint density at radius 3 is 2.81 bits per heavy atom. The summed E-state index contributed by atoms with van der Waals surface area (Å²) >= 11 is 0. The molecule has 0 saturated heterocycles. The molecule has 1 aromatic heterocycles. The molecule has 0 atom stereocenters. The maximum atomic E-state index is 12.3. The van der Waals surface area contributed by atoms with Gasteiger partial charge in [0.1, 0.15) is 11.5 Å². The molecule has 5 nitrogen and oxygen atoms in total. The van der Waals surface area contributed by atoms with Gasteiger partial charge >= 0.3 is 0 Å². The summed E-state index contributed by atoms with van der Waals surface area (Å²) in [5.41, 5.74) is 3.29. The molecule has 0 bridgehead atoms. The lowest BCUT2D eigenvalue weighted by Gasteiger charge is -2.14. The zero-order valence-corrected chi connectivity index (χ0v) is 12.1. The van der Waals surface area contributed by atoms with E-state index in [1.165, 1.54) is 12.8 Å². The maximum absolute atomic E-state index is 12.3. The van der Waals surface area contributed by atoms with Crippen LogP contribution in [0.25, 0.3) is 10.8 Å². The van der Waals surface area contributed by atoms with Gasteiger partial charge in [-0.25, -0.2) is 10.8 Å². The van der Waals surface area contributed by atoms with Crippen LogP contribution in [0.3, 0.4) is 0 Å². The Labute approximate surface area is 123 Å². The summed E-state index contributed by atoms with van der Waals surface area (Å²) in [6, 6.07) is 9.53. The van der Waals surface area contributed by atoms with Crippen LogP contribution in [0.4, 0.5) is 5.82 Å². The number of nitrogen functional groups attached to an aromatic ring is 1. The number of carbonyl (C=O) groups is 1. The van der Waals surface area contributed by atoms with E-state index in [9.17, 15) is 4.79 Å². The number of anilines is 1. The molecule has 1 amide bonds. The first-order valence-electron chi connectivity index (χ1n) is 7.32. The normalized spacial score (nSPS) is 15.7. The van der Waals surface area contributed by atoms with E-state index < -0.39 is 0 Å². The topological polar surface area (TPSA) is 80.0 Å². The summed E-state index contributed by atoms with van der Waals surface area (Å²) in [4.78, 5) is 16.6. The predicted octanol–water partition coefficient (Wildman–Crippen LogP) is 2.44. The molecule has 1 saturated carbocycles. The number of nitrogens with zero attached hydrogens (tertiary/aromatic N) is 1. The minimum absolute atomic E-state index is 0.142. The predicted molar refractivity (Wildman–Crippen MR) is 83.8 cm³/mol. The Hall–Kier alpha value is -2.14. The van der Waals surface area contributed by atoms with Crippen molar-refractivity contribution < 1.29 is 4.79 Å². The SMILES string of the molecule is CCC1(CNC(=O)c2cc3ccccc3c(NN)n2)CC1. The summed E-state index contributed by atoms with van der Waals surface area (Å²) in [5, 5.41) is 4.85. The monoisotopic (exact) mass is 284 g/mol. The Morgan fingerprint density at radius 2 is 2.14 bits per heavy atom. The Bertz CT molecular complexity index is 679. The number of nitrogens with two attached hydrogens (primary N) is 1. The Balaban J connectivity index is 1.84. The van der Waals surface area contributed by atoms with E-state index in [4.69, 9.17) is 5.84 Å². The van der Waals surface area contributed by atoms with E-state index >= 15 is 0 Å². The van der Waals surface area contributed by atoms with E-state index in [1.807, 2.05) is 24.3 Å². The van der Waals surface area contributed by atoms with Gasteiger partial charge in [0.15, 0.2) is 0 Å². The summed E-state index contributed by atoms with van der Waals surface area (Å²) in [7, 11) is 0. The molecule has 0 spiro atoms. The Morgan fingerprint density at radius 1 is 1.38 bits per heavy atom. The standard InChI is InChI=1S/C16H20N4O/c1-2-16(7-8-16)10-18-15(21)13-9-11-5-3-4-6-12(11)14(19-13)20-17/h3-6,9H,2,7-8,10,17H2,1H3,(H,18,21)(H,19,20). The van der Waals surface area contributed by atoms with Gasteiger partial charge in [-0.1, -0.05) is 31.2 Å². The number of hydrogen-bond acceptors (Lipinski definition) is 4. The largest absolute Gasteiger partial charge is 0.350 e. The van der Waals surface area contributed by atoms with E-state index in [0.29, 0.717) is 16.9 Å². The van der Waals surface area contributed by atoms with E-state index in [2.05, 4.69) is 22.7 Å². The molecular weight excluding hydrogens is 264 g/mol. The smallest absolute Gasteiger partial charge is 0.270 e. The lowest BCUT2D eigenvalue weighted by atomic mass is 10.0. The van der Waals surface area contributed by atoms with Crippen molar-refractivity contribution in [3.05, 3.63) is 36.0 Å². The minimum Gasteiger partial charge on any atom is -0.350 e. The third-order valence-electron chi connectivity index (χ3n) is 4.44. The van der Waals surface area contributed by atoms with Gasteiger partial charge in [0.2, 0.25) is 0 Å². The molecule has 4 N–H and O–H groups in total. The molecule has 1 aliphatic carbocycles. The molecular formula is C16H20N4O. The van der Waals surface area contributed by atoms with Crippen LogP contribution < -0.4 is 16.6 Å². The van der Waals surface area contributed by atoms with Crippen LogP contribution in [0, 0.1) is 5.41 Å². The highest BCUT2D eigenvalue weighted by molar-refractivity contribution is 6.00. The fourth-order valence-electron chi connectivity index (χ4n) is 2.62. The zero-order chi connectivity index (χ0) is 14.9. The molecule has 0 aliphatic heterocycles. The van der Waals surface area contributed by atoms with Crippen LogP contribution >= 0.6 is 0 Å². The van der Waals surface area contributed by atoms with Gasteiger partial charge in [-0.3, -0.25) is 4.79 Å². The van der Waals surface area contributed by atoms with Crippen molar-refractivity contribution in [1.29, 1.82) is 0 Å². The highest BCUT2D eigenvalue weighted by Crippen LogP contribution is 2.47. The van der Waals surface area contributed by atoms with Gasteiger partial charge in [0, 0.05) is 11.9 Å². The Kier molecular flexibility index (Phi) is 3.51. The first kappa shape index (κ1) is 13.8. The molecule has 2 aromatic rings. The average molecular weight is 284 g/mol. The quantitative estimate of drug-likeness (QED) is 0.582. The molecule has 110 valence electrons.